The molecule has 0 aliphatic heterocycles. The summed E-state index contributed by atoms with van der Waals surface area (Å²) in [6.45, 7) is 0. The van der Waals surface area contributed by atoms with Gasteiger partial charge in [-0.05, 0) is 11.6 Å². The minimum atomic E-state index is -3.78. The minimum Gasteiger partial charge on any atom is -0.478 e. The molecule has 10 heavy (non-hydrogen) atoms. The minimum absolute atomic E-state index is 0.146. The van der Waals surface area contributed by atoms with E-state index in [1.54, 1.807) is 0 Å². The first-order valence-electron chi connectivity index (χ1n) is 2.11. The largest absolute Gasteiger partial charge is 0.478 e. The number of carboxylic acids is 1. The predicted molar refractivity (Wildman–Crippen MR) is 30.7 cm³/mol. The van der Waals surface area contributed by atoms with Gasteiger partial charge in [-0.25, -0.2) is 4.79 Å². The highest BCUT2D eigenvalue weighted by atomic mass is 35.5. The van der Waals surface area contributed by atoms with Gasteiger partial charge in [-0.1, -0.05) is 0 Å². The van der Waals surface area contributed by atoms with Crippen LogP contribution in [-0.2, 0) is 4.79 Å². The van der Waals surface area contributed by atoms with Gasteiger partial charge in [0, 0.05) is 6.08 Å². The van der Waals surface area contributed by atoms with Crippen molar-refractivity contribution >= 4 is 17.6 Å². The van der Waals surface area contributed by atoms with E-state index in [9.17, 15) is 13.6 Å². The normalized spacial score (nSPS) is 13.3. The fourth-order valence-corrected chi connectivity index (χ4v) is 0.269. The predicted octanol–water partition coefficient (Wildman–Crippen LogP) is 0.745. The number of nitrogens with two attached hydrogens (primary N) is 1. The van der Waals surface area contributed by atoms with Crippen LogP contribution in [0.3, 0.4) is 0 Å². The molecule has 0 saturated carbocycles. The van der Waals surface area contributed by atoms with E-state index < -0.39 is 17.0 Å². The summed E-state index contributed by atoms with van der Waals surface area (Å²) in [4.78, 5) is 9.71. The molecular weight excluding hydrogens is 167 g/mol. The van der Waals surface area contributed by atoms with Crippen LogP contribution in [0, 0.1) is 0 Å². The molecule has 0 bridgehead atoms. The highest BCUT2D eigenvalue weighted by Gasteiger charge is 2.29. The second-order valence-electron chi connectivity index (χ2n) is 1.44. The van der Waals surface area contributed by atoms with Crippen molar-refractivity contribution in [2.24, 2.45) is 5.73 Å². The number of alkyl halides is 3. The van der Waals surface area contributed by atoms with Gasteiger partial charge in [-0.2, -0.15) is 8.78 Å². The molecular formula is C4H4ClF2NO2. The average Bonchev–Trinajstić information content (AvgIpc) is 1.60. The first-order valence-corrected chi connectivity index (χ1v) is 2.49. The molecule has 3 N–H and O–H groups in total. The SMILES string of the molecule is NC(=CC(=O)O)C(F)(F)Cl. The highest BCUT2D eigenvalue weighted by Crippen LogP contribution is 2.24. The molecule has 0 saturated heterocycles. The summed E-state index contributed by atoms with van der Waals surface area (Å²) in [5.74, 6) is -1.56. The lowest BCUT2D eigenvalue weighted by Gasteiger charge is -2.05. The van der Waals surface area contributed by atoms with Gasteiger partial charge in [-0.15, -0.1) is 0 Å². The van der Waals surface area contributed by atoms with Gasteiger partial charge in [0.05, 0.1) is 0 Å². The summed E-state index contributed by atoms with van der Waals surface area (Å²) in [7, 11) is 0. The third kappa shape index (κ3) is 3.24. The maximum Gasteiger partial charge on any atom is 0.362 e. The molecule has 58 valence electrons. The summed E-state index contributed by atoms with van der Waals surface area (Å²) in [6, 6.07) is 0. The van der Waals surface area contributed by atoms with Gasteiger partial charge < -0.3 is 10.8 Å². The lowest BCUT2D eigenvalue weighted by molar-refractivity contribution is -0.131. The van der Waals surface area contributed by atoms with Gasteiger partial charge in [0.2, 0.25) is 0 Å². The van der Waals surface area contributed by atoms with Crippen molar-refractivity contribution in [1.29, 1.82) is 0 Å². The Morgan fingerprint density at radius 1 is 1.70 bits per heavy atom. The van der Waals surface area contributed by atoms with Crippen LogP contribution in [0.1, 0.15) is 0 Å². The number of carboxylic acid groups (broad SMARTS) is 1. The van der Waals surface area contributed by atoms with Crippen LogP contribution >= 0.6 is 11.6 Å². The zero-order chi connectivity index (χ0) is 8.36. The molecule has 0 amide bonds. The molecule has 0 radical (unpaired) electrons. The molecule has 0 aromatic heterocycles. The summed E-state index contributed by atoms with van der Waals surface area (Å²) >= 11 is 4.34. The van der Waals surface area contributed by atoms with Crippen molar-refractivity contribution < 1.29 is 18.7 Å². The second-order valence-corrected chi connectivity index (χ2v) is 1.91. The molecule has 0 aromatic rings. The number of aliphatic carboxylic acids is 1. The number of carbonyl (C=O) groups is 1. The third-order valence-corrected chi connectivity index (χ3v) is 0.825. The van der Waals surface area contributed by atoms with E-state index in [1.165, 1.54) is 0 Å². The summed E-state index contributed by atoms with van der Waals surface area (Å²) in [6.07, 6.45) is 0.146. The average molecular weight is 172 g/mol. The fourth-order valence-electron chi connectivity index (χ4n) is 0.215. The van der Waals surface area contributed by atoms with Gasteiger partial charge in [0.25, 0.3) is 0 Å². The third-order valence-electron chi connectivity index (χ3n) is 0.606. The van der Waals surface area contributed by atoms with Crippen LogP contribution < -0.4 is 5.73 Å². The molecule has 3 nitrogen and oxygen atoms in total. The number of rotatable bonds is 2. The zero-order valence-corrected chi connectivity index (χ0v) is 5.40. The molecule has 0 aromatic carbocycles. The molecule has 0 fully saturated rings. The molecule has 0 heterocycles. The van der Waals surface area contributed by atoms with Crippen LogP contribution in [0.25, 0.3) is 0 Å². The molecule has 0 atom stereocenters. The van der Waals surface area contributed by atoms with Crippen LogP contribution in [0.2, 0.25) is 0 Å². The molecule has 6 heteroatoms. The maximum atomic E-state index is 11.8. The topological polar surface area (TPSA) is 63.3 Å². The van der Waals surface area contributed by atoms with Gasteiger partial charge in [0.1, 0.15) is 5.70 Å². The second kappa shape index (κ2) is 2.83. The first kappa shape index (κ1) is 9.16. The summed E-state index contributed by atoms with van der Waals surface area (Å²) < 4.78 is 23.6. The number of halogens is 3. The van der Waals surface area contributed by atoms with Crippen LogP contribution in [-0.4, -0.2) is 16.5 Å². The maximum absolute atomic E-state index is 11.8. The van der Waals surface area contributed by atoms with E-state index in [4.69, 9.17) is 5.11 Å². The molecule has 0 spiro atoms. The molecule has 0 aliphatic rings. The van der Waals surface area contributed by atoms with Gasteiger partial charge >= 0.3 is 11.4 Å². The Hall–Kier alpha value is -0.840. The number of allylic oxidation sites excluding steroid dienone is 1. The Bertz CT molecular complexity index is 175. The van der Waals surface area contributed by atoms with E-state index in [0.29, 0.717) is 0 Å². The lowest BCUT2D eigenvalue weighted by atomic mass is 10.4. The number of hydrogen-bond acceptors (Lipinski definition) is 2. The molecule has 0 rings (SSSR count). The Morgan fingerprint density at radius 2 is 2.10 bits per heavy atom. The Morgan fingerprint density at radius 3 is 2.20 bits per heavy atom. The van der Waals surface area contributed by atoms with Gasteiger partial charge in [-0.3, -0.25) is 0 Å². The van der Waals surface area contributed by atoms with Crippen molar-refractivity contribution in [1.82, 2.24) is 0 Å². The standard InChI is InChI=1S/C4H4ClF2NO2/c5-4(6,7)2(8)1-3(9)10/h1H,8H2,(H,9,10). The van der Waals surface area contributed by atoms with E-state index in [0.717, 1.165) is 0 Å². The summed E-state index contributed by atoms with van der Waals surface area (Å²) in [5, 5.41) is 4.12. The fraction of sp³-hybridized carbons (Fsp3) is 0.250. The van der Waals surface area contributed by atoms with Crippen molar-refractivity contribution in [3.63, 3.8) is 0 Å². The van der Waals surface area contributed by atoms with Crippen LogP contribution in [0.15, 0.2) is 11.8 Å². The van der Waals surface area contributed by atoms with Crippen molar-refractivity contribution in [3.05, 3.63) is 11.8 Å². The Labute approximate surface area is 60.1 Å². The van der Waals surface area contributed by atoms with E-state index in [-0.39, 0.29) is 6.08 Å². The van der Waals surface area contributed by atoms with Gasteiger partial charge in [0.15, 0.2) is 0 Å². The van der Waals surface area contributed by atoms with E-state index in [2.05, 4.69) is 17.3 Å². The lowest BCUT2D eigenvalue weighted by Crippen LogP contribution is -2.19. The van der Waals surface area contributed by atoms with Crippen molar-refractivity contribution in [2.45, 2.75) is 5.38 Å². The first-order chi connectivity index (χ1) is 4.34. The van der Waals surface area contributed by atoms with Crippen molar-refractivity contribution in [3.8, 4) is 0 Å². The Balaban J connectivity index is 4.35. The number of hydrogen-bond donors (Lipinski definition) is 2. The molecule has 0 unspecified atom stereocenters. The smallest absolute Gasteiger partial charge is 0.362 e. The monoisotopic (exact) mass is 171 g/mol. The zero-order valence-electron chi connectivity index (χ0n) is 4.64. The van der Waals surface area contributed by atoms with E-state index >= 15 is 0 Å². The van der Waals surface area contributed by atoms with E-state index in [1.807, 2.05) is 0 Å². The quantitative estimate of drug-likeness (QED) is 0.476. The highest BCUT2D eigenvalue weighted by molar-refractivity contribution is 6.23. The van der Waals surface area contributed by atoms with Crippen LogP contribution in [0.5, 0.6) is 0 Å². The van der Waals surface area contributed by atoms with Crippen molar-refractivity contribution in [2.75, 3.05) is 0 Å². The van der Waals surface area contributed by atoms with Crippen LogP contribution in [0.4, 0.5) is 8.78 Å². The summed E-state index contributed by atoms with van der Waals surface area (Å²) in [5.41, 5.74) is 3.37. The molecule has 0 aliphatic carbocycles. The Kier molecular flexibility index (Phi) is 2.59.